The molecule has 1 unspecified atom stereocenters. The summed E-state index contributed by atoms with van der Waals surface area (Å²) in [5.41, 5.74) is 0.694. The maximum Gasteiger partial charge on any atom is 0.290 e. The molecule has 1 aliphatic rings. The van der Waals surface area contributed by atoms with E-state index in [1.807, 2.05) is 19.0 Å². The van der Waals surface area contributed by atoms with Crippen molar-refractivity contribution >= 4 is 46.2 Å². The third-order valence-corrected chi connectivity index (χ3v) is 5.95. The fourth-order valence-corrected chi connectivity index (χ4v) is 3.98. The van der Waals surface area contributed by atoms with Gasteiger partial charge in [-0.05, 0) is 43.2 Å². The summed E-state index contributed by atoms with van der Waals surface area (Å²) < 4.78 is 0. The second-order valence-corrected chi connectivity index (χ2v) is 8.21. The molecule has 0 aliphatic carbocycles. The zero-order chi connectivity index (χ0) is 19.7. The monoisotopic (exact) mass is 424 g/mol. The van der Waals surface area contributed by atoms with Gasteiger partial charge in [0, 0.05) is 13.1 Å². The molecule has 1 N–H and O–H groups in total. The van der Waals surface area contributed by atoms with Crippen LogP contribution in [-0.2, 0) is 4.79 Å². The number of rotatable bonds is 6. The number of nitrogens with zero attached hydrogens (tertiary/aromatic N) is 2. The van der Waals surface area contributed by atoms with E-state index in [0.29, 0.717) is 33.6 Å². The number of amides is 1. The average Bonchev–Trinajstić information content (AvgIpc) is 3.24. The molecule has 0 radical (unpaired) electrons. The minimum atomic E-state index is -0.721. The lowest BCUT2D eigenvalue weighted by Gasteiger charge is -2.28. The normalized spacial score (nSPS) is 17.3. The van der Waals surface area contributed by atoms with Crippen molar-refractivity contribution in [2.24, 2.45) is 0 Å². The first-order chi connectivity index (χ1) is 12.8. The lowest BCUT2D eigenvalue weighted by molar-refractivity contribution is -0.129. The van der Waals surface area contributed by atoms with E-state index in [0.717, 1.165) is 0 Å². The molecular weight excluding hydrogens is 407 g/mol. The Labute approximate surface area is 171 Å². The van der Waals surface area contributed by atoms with E-state index in [-0.39, 0.29) is 11.4 Å². The van der Waals surface area contributed by atoms with Crippen molar-refractivity contribution in [2.45, 2.75) is 6.04 Å². The van der Waals surface area contributed by atoms with Crippen molar-refractivity contribution in [1.29, 1.82) is 0 Å². The average molecular weight is 425 g/mol. The number of hydrogen-bond donors (Lipinski definition) is 1. The highest BCUT2D eigenvalue weighted by Gasteiger charge is 2.43. The number of Topliss-reactive ketones (excluding diaryl/α,β-unsaturated/α-hetero) is 1. The van der Waals surface area contributed by atoms with Crippen LogP contribution in [0.15, 0.2) is 47.0 Å². The van der Waals surface area contributed by atoms with Crippen LogP contribution in [0, 0.1) is 0 Å². The second kappa shape index (κ2) is 8.02. The van der Waals surface area contributed by atoms with Crippen LogP contribution in [-0.4, -0.2) is 53.8 Å². The Bertz CT molecular complexity index is 910. The van der Waals surface area contributed by atoms with Crippen LogP contribution < -0.4 is 0 Å². The quantitative estimate of drug-likeness (QED) is 0.705. The fourth-order valence-electron chi connectivity index (χ4n) is 2.99. The number of aliphatic hydroxyl groups excluding tert-OH is 1. The number of carbonyl (C=O) groups is 2. The van der Waals surface area contributed by atoms with Crippen molar-refractivity contribution in [3.05, 3.63) is 67.5 Å². The van der Waals surface area contributed by atoms with Crippen LogP contribution >= 0.6 is 34.5 Å². The van der Waals surface area contributed by atoms with Gasteiger partial charge in [0.25, 0.3) is 5.91 Å². The van der Waals surface area contributed by atoms with Gasteiger partial charge in [0.1, 0.15) is 0 Å². The summed E-state index contributed by atoms with van der Waals surface area (Å²) in [5, 5.41) is 13.0. The Hall–Kier alpha value is -1.86. The van der Waals surface area contributed by atoms with Crippen LogP contribution in [0.4, 0.5) is 0 Å². The van der Waals surface area contributed by atoms with Gasteiger partial charge in [0.2, 0.25) is 5.78 Å². The highest BCUT2D eigenvalue weighted by molar-refractivity contribution is 7.12. The number of benzene rings is 1. The zero-order valence-electron chi connectivity index (χ0n) is 14.8. The van der Waals surface area contributed by atoms with Crippen LogP contribution in [0.2, 0.25) is 10.0 Å². The molecule has 0 bridgehead atoms. The summed E-state index contributed by atoms with van der Waals surface area (Å²) in [6.07, 6.45) is 0. The van der Waals surface area contributed by atoms with E-state index in [2.05, 4.69) is 0 Å². The Morgan fingerprint density at radius 2 is 2.00 bits per heavy atom. The summed E-state index contributed by atoms with van der Waals surface area (Å²) in [6.45, 7) is 0.930. The van der Waals surface area contributed by atoms with Crippen molar-refractivity contribution in [1.82, 2.24) is 9.80 Å². The minimum Gasteiger partial charge on any atom is -0.503 e. The maximum atomic E-state index is 13.0. The molecular formula is C19H18Cl2N2O3S. The molecule has 0 saturated heterocycles. The largest absolute Gasteiger partial charge is 0.503 e. The fraction of sp³-hybridized carbons (Fsp3) is 0.263. The second-order valence-electron chi connectivity index (χ2n) is 6.45. The van der Waals surface area contributed by atoms with Gasteiger partial charge in [-0.1, -0.05) is 35.3 Å². The molecule has 3 rings (SSSR count). The summed E-state index contributed by atoms with van der Waals surface area (Å²) >= 11 is 13.4. The molecule has 142 valence electrons. The standard InChI is InChI=1S/C19H18Cl2N2O3S/c1-22(2)7-8-23-16(11-5-6-12(20)13(21)10-11)15(18(25)19(23)26)17(24)14-4-3-9-27-14/h3-6,9-10,16,25H,7-8H2,1-2H3. The summed E-state index contributed by atoms with van der Waals surface area (Å²) in [5.74, 6) is -1.43. The first-order valence-corrected chi connectivity index (χ1v) is 9.86. The first-order valence-electron chi connectivity index (χ1n) is 8.23. The van der Waals surface area contributed by atoms with Gasteiger partial charge in [0.15, 0.2) is 5.76 Å². The van der Waals surface area contributed by atoms with Gasteiger partial charge in [-0.2, -0.15) is 0 Å². The summed E-state index contributed by atoms with van der Waals surface area (Å²) in [4.78, 5) is 29.6. The molecule has 2 aromatic rings. The molecule has 1 aliphatic heterocycles. The molecule has 5 nitrogen and oxygen atoms in total. The van der Waals surface area contributed by atoms with Crippen molar-refractivity contribution in [3.63, 3.8) is 0 Å². The Morgan fingerprint density at radius 3 is 2.59 bits per heavy atom. The predicted molar refractivity (Wildman–Crippen MR) is 108 cm³/mol. The molecule has 2 heterocycles. The van der Waals surface area contributed by atoms with Gasteiger partial charge in [-0.3, -0.25) is 9.59 Å². The number of hydrogen-bond acceptors (Lipinski definition) is 5. The van der Waals surface area contributed by atoms with Crippen molar-refractivity contribution in [2.75, 3.05) is 27.2 Å². The Balaban J connectivity index is 2.08. The molecule has 0 spiro atoms. The smallest absolute Gasteiger partial charge is 0.290 e. The van der Waals surface area contributed by atoms with E-state index in [4.69, 9.17) is 23.2 Å². The number of carbonyl (C=O) groups excluding carboxylic acids is 2. The van der Waals surface area contributed by atoms with Gasteiger partial charge >= 0.3 is 0 Å². The number of thiophene rings is 1. The van der Waals surface area contributed by atoms with Crippen molar-refractivity contribution < 1.29 is 14.7 Å². The van der Waals surface area contributed by atoms with E-state index in [9.17, 15) is 14.7 Å². The number of halogens is 2. The SMILES string of the molecule is CN(C)CCN1C(=O)C(O)=C(C(=O)c2cccs2)C1c1ccc(Cl)c(Cl)c1. The van der Waals surface area contributed by atoms with E-state index >= 15 is 0 Å². The van der Waals surface area contributed by atoms with Gasteiger partial charge in [-0.15, -0.1) is 11.3 Å². The number of likely N-dealkylation sites (N-methyl/N-ethyl adjacent to an activating group) is 1. The molecule has 0 fully saturated rings. The van der Waals surface area contributed by atoms with Crippen molar-refractivity contribution in [3.8, 4) is 0 Å². The number of aliphatic hydroxyl groups is 1. The molecule has 1 aromatic heterocycles. The lowest BCUT2D eigenvalue weighted by Crippen LogP contribution is -2.36. The maximum absolute atomic E-state index is 13.0. The third-order valence-electron chi connectivity index (χ3n) is 4.34. The van der Waals surface area contributed by atoms with E-state index in [1.165, 1.54) is 16.2 Å². The lowest BCUT2D eigenvalue weighted by atomic mass is 9.95. The van der Waals surface area contributed by atoms with Gasteiger partial charge < -0.3 is 14.9 Å². The first kappa shape index (κ1) is 19.9. The van der Waals surface area contributed by atoms with Crippen LogP contribution in [0.5, 0.6) is 0 Å². The molecule has 1 amide bonds. The zero-order valence-corrected chi connectivity index (χ0v) is 17.1. The van der Waals surface area contributed by atoms with Crippen LogP contribution in [0.25, 0.3) is 0 Å². The van der Waals surface area contributed by atoms with Gasteiger partial charge in [0.05, 0.1) is 26.5 Å². The van der Waals surface area contributed by atoms with E-state index in [1.54, 1.807) is 35.7 Å². The molecule has 1 atom stereocenters. The molecule has 8 heteroatoms. The third kappa shape index (κ3) is 3.89. The van der Waals surface area contributed by atoms with Gasteiger partial charge in [-0.25, -0.2) is 0 Å². The Kier molecular flexibility index (Phi) is 5.91. The highest BCUT2D eigenvalue weighted by atomic mass is 35.5. The van der Waals surface area contributed by atoms with Crippen LogP contribution in [0.1, 0.15) is 21.3 Å². The number of ketones is 1. The Morgan fingerprint density at radius 1 is 1.26 bits per heavy atom. The molecule has 0 saturated carbocycles. The van der Waals surface area contributed by atoms with Crippen LogP contribution in [0.3, 0.4) is 0 Å². The predicted octanol–water partition coefficient (Wildman–Crippen LogP) is 4.19. The highest BCUT2D eigenvalue weighted by Crippen LogP contribution is 2.40. The van der Waals surface area contributed by atoms with E-state index < -0.39 is 17.7 Å². The topological polar surface area (TPSA) is 60.9 Å². The minimum absolute atomic E-state index is 0.0691. The summed E-state index contributed by atoms with van der Waals surface area (Å²) in [7, 11) is 3.78. The summed E-state index contributed by atoms with van der Waals surface area (Å²) in [6, 6.07) is 7.68. The molecule has 27 heavy (non-hydrogen) atoms. The molecule has 1 aromatic carbocycles.